The molecule has 108 valence electrons. The first-order chi connectivity index (χ1) is 10.3. The zero-order valence-corrected chi connectivity index (χ0v) is 12.5. The van der Waals surface area contributed by atoms with Crippen LogP contribution in [0, 0.1) is 6.92 Å². The van der Waals surface area contributed by atoms with Crippen LogP contribution in [-0.4, -0.2) is 24.3 Å². The predicted molar refractivity (Wildman–Crippen MR) is 82.0 cm³/mol. The lowest BCUT2D eigenvalue weighted by atomic mass is 10.2. The molecule has 1 aromatic carbocycles. The van der Waals surface area contributed by atoms with Crippen LogP contribution in [0.4, 0.5) is 0 Å². The Labute approximate surface area is 128 Å². The average molecular weight is 302 g/mol. The molecule has 21 heavy (non-hydrogen) atoms. The summed E-state index contributed by atoms with van der Waals surface area (Å²) in [6.45, 7) is 3.70. The van der Waals surface area contributed by atoms with Crippen molar-refractivity contribution in [1.82, 2.24) is 24.3 Å². The van der Waals surface area contributed by atoms with Crippen molar-refractivity contribution in [1.29, 1.82) is 0 Å². The summed E-state index contributed by atoms with van der Waals surface area (Å²) in [5.41, 5.74) is 0.912. The molecule has 6 heteroatoms. The van der Waals surface area contributed by atoms with Gasteiger partial charge in [0.05, 0.1) is 5.02 Å². The standard InChI is InChI=1S/C15H16ClN5/c1-12-17-7-10-20(12)8-4-9-21-15(18-11-19-21)13-5-2-3-6-14(13)16/h2-3,5-7,10-11H,4,8-9H2,1H3. The highest BCUT2D eigenvalue weighted by Crippen LogP contribution is 2.25. The van der Waals surface area contributed by atoms with E-state index >= 15 is 0 Å². The molecule has 0 unspecified atom stereocenters. The van der Waals surface area contributed by atoms with E-state index in [0.717, 1.165) is 36.7 Å². The molecule has 3 rings (SSSR count). The van der Waals surface area contributed by atoms with Crippen LogP contribution in [0.2, 0.25) is 5.02 Å². The minimum atomic E-state index is 0.692. The number of halogens is 1. The van der Waals surface area contributed by atoms with E-state index in [0.29, 0.717) is 5.02 Å². The van der Waals surface area contributed by atoms with Gasteiger partial charge in [-0.15, -0.1) is 0 Å². The zero-order valence-electron chi connectivity index (χ0n) is 11.8. The second kappa shape index (κ2) is 6.10. The Hall–Kier alpha value is -2.14. The summed E-state index contributed by atoms with van der Waals surface area (Å²) in [6.07, 6.45) is 6.34. The molecule has 0 radical (unpaired) electrons. The maximum absolute atomic E-state index is 6.23. The second-order valence-electron chi connectivity index (χ2n) is 4.81. The van der Waals surface area contributed by atoms with Gasteiger partial charge in [0.1, 0.15) is 12.2 Å². The van der Waals surface area contributed by atoms with Crippen molar-refractivity contribution in [2.24, 2.45) is 0 Å². The average Bonchev–Trinajstić information content (AvgIpc) is 3.09. The van der Waals surface area contributed by atoms with E-state index in [1.54, 1.807) is 6.33 Å². The van der Waals surface area contributed by atoms with Crippen LogP contribution >= 0.6 is 11.6 Å². The fourth-order valence-corrected chi connectivity index (χ4v) is 2.53. The zero-order chi connectivity index (χ0) is 14.7. The molecule has 5 nitrogen and oxygen atoms in total. The molecule has 0 aliphatic rings. The van der Waals surface area contributed by atoms with Crippen molar-refractivity contribution in [2.75, 3.05) is 0 Å². The molecule has 0 aliphatic carbocycles. The Morgan fingerprint density at radius 2 is 2.00 bits per heavy atom. The maximum Gasteiger partial charge on any atom is 0.159 e. The third-order valence-corrected chi connectivity index (χ3v) is 3.75. The number of nitrogens with zero attached hydrogens (tertiary/aromatic N) is 5. The summed E-state index contributed by atoms with van der Waals surface area (Å²) < 4.78 is 4.03. The van der Waals surface area contributed by atoms with E-state index in [-0.39, 0.29) is 0 Å². The van der Waals surface area contributed by atoms with E-state index in [4.69, 9.17) is 11.6 Å². The summed E-state index contributed by atoms with van der Waals surface area (Å²) in [5, 5.41) is 4.99. The molecule has 0 amide bonds. The number of aromatic nitrogens is 5. The lowest BCUT2D eigenvalue weighted by Gasteiger charge is -2.08. The topological polar surface area (TPSA) is 48.5 Å². The van der Waals surface area contributed by atoms with E-state index in [1.165, 1.54) is 0 Å². The number of hydrogen-bond donors (Lipinski definition) is 0. The van der Waals surface area contributed by atoms with Crippen LogP contribution in [0.3, 0.4) is 0 Å². The predicted octanol–water partition coefficient (Wildman–Crippen LogP) is 3.19. The normalized spacial score (nSPS) is 11.0. The summed E-state index contributed by atoms with van der Waals surface area (Å²) in [5.74, 6) is 1.84. The highest BCUT2D eigenvalue weighted by atomic mass is 35.5. The Kier molecular flexibility index (Phi) is 4.01. The van der Waals surface area contributed by atoms with Crippen LogP contribution in [0.5, 0.6) is 0 Å². The van der Waals surface area contributed by atoms with Gasteiger partial charge in [0.2, 0.25) is 0 Å². The summed E-state index contributed by atoms with van der Waals surface area (Å²) in [6, 6.07) is 7.69. The number of hydrogen-bond acceptors (Lipinski definition) is 3. The van der Waals surface area contributed by atoms with Gasteiger partial charge in [-0.2, -0.15) is 5.10 Å². The van der Waals surface area contributed by atoms with Crippen molar-refractivity contribution >= 4 is 11.6 Å². The first-order valence-corrected chi connectivity index (χ1v) is 7.24. The molecule has 0 saturated carbocycles. The van der Waals surface area contributed by atoms with Gasteiger partial charge in [0.15, 0.2) is 5.82 Å². The number of aryl methyl sites for hydroxylation is 3. The SMILES string of the molecule is Cc1nccn1CCCn1ncnc1-c1ccccc1Cl. The highest BCUT2D eigenvalue weighted by Gasteiger charge is 2.10. The molecule has 0 spiro atoms. The quantitative estimate of drug-likeness (QED) is 0.727. The van der Waals surface area contributed by atoms with Gasteiger partial charge in [0, 0.05) is 31.0 Å². The first-order valence-electron chi connectivity index (χ1n) is 6.86. The minimum absolute atomic E-state index is 0.692. The van der Waals surface area contributed by atoms with Gasteiger partial charge in [-0.25, -0.2) is 14.6 Å². The Morgan fingerprint density at radius 1 is 1.14 bits per heavy atom. The molecule has 0 fully saturated rings. The largest absolute Gasteiger partial charge is 0.335 e. The molecule has 0 atom stereocenters. The minimum Gasteiger partial charge on any atom is -0.335 e. The Bertz CT molecular complexity index is 731. The molecule has 2 heterocycles. The first kappa shape index (κ1) is 13.8. The summed E-state index contributed by atoms with van der Waals surface area (Å²) in [7, 11) is 0. The van der Waals surface area contributed by atoms with Gasteiger partial charge in [0.25, 0.3) is 0 Å². The van der Waals surface area contributed by atoms with E-state index in [1.807, 2.05) is 48.3 Å². The smallest absolute Gasteiger partial charge is 0.159 e. The molecule has 0 aliphatic heterocycles. The van der Waals surface area contributed by atoms with Crippen LogP contribution in [0.25, 0.3) is 11.4 Å². The van der Waals surface area contributed by atoms with Crippen molar-refractivity contribution in [2.45, 2.75) is 26.4 Å². The lowest BCUT2D eigenvalue weighted by Crippen LogP contribution is -2.07. The molecule has 0 N–H and O–H groups in total. The molecule has 0 bridgehead atoms. The third-order valence-electron chi connectivity index (χ3n) is 3.42. The van der Waals surface area contributed by atoms with E-state index in [2.05, 4.69) is 19.6 Å². The fourth-order valence-electron chi connectivity index (χ4n) is 2.31. The number of imidazole rings is 1. The van der Waals surface area contributed by atoms with Crippen molar-refractivity contribution in [3.05, 3.63) is 53.8 Å². The van der Waals surface area contributed by atoms with E-state index < -0.39 is 0 Å². The van der Waals surface area contributed by atoms with Crippen molar-refractivity contribution < 1.29 is 0 Å². The molecule has 0 saturated heterocycles. The summed E-state index contributed by atoms with van der Waals surface area (Å²) >= 11 is 6.23. The molecule has 2 aromatic heterocycles. The van der Waals surface area contributed by atoms with Crippen LogP contribution in [-0.2, 0) is 13.1 Å². The monoisotopic (exact) mass is 301 g/mol. The maximum atomic E-state index is 6.23. The second-order valence-corrected chi connectivity index (χ2v) is 5.22. The van der Waals surface area contributed by atoms with Crippen LogP contribution in [0.15, 0.2) is 43.0 Å². The van der Waals surface area contributed by atoms with Gasteiger partial charge >= 0.3 is 0 Å². The Balaban J connectivity index is 1.72. The van der Waals surface area contributed by atoms with Gasteiger partial charge in [-0.05, 0) is 25.5 Å². The third kappa shape index (κ3) is 2.97. The van der Waals surface area contributed by atoms with Gasteiger partial charge < -0.3 is 4.57 Å². The van der Waals surface area contributed by atoms with Crippen molar-refractivity contribution in [3.63, 3.8) is 0 Å². The van der Waals surface area contributed by atoms with Crippen molar-refractivity contribution in [3.8, 4) is 11.4 Å². The number of benzene rings is 1. The summed E-state index contributed by atoms with van der Waals surface area (Å²) in [4.78, 5) is 8.55. The van der Waals surface area contributed by atoms with Crippen LogP contribution < -0.4 is 0 Å². The molecular weight excluding hydrogens is 286 g/mol. The lowest BCUT2D eigenvalue weighted by molar-refractivity contribution is 0.524. The van der Waals surface area contributed by atoms with Crippen LogP contribution in [0.1, 0.15) is 12.2 Å². The highest BCUT2D eigenvalue weighted by molar-refractivity contribution is 6.33. The van der Waals surface area contributed by atoms with Gasteiger partial charge in [-0.3, -0.25) is 0 Å². The molecule has 3 aromatic rings. The fraction of sp³-hybridized carbons (Fsp3) is 0.267. The van der Waals surface area contributed by atoms with Gasteiger partial charge in [-0.1, -0.05) is 23.7 Å². The Morgan fingerprint density at radius 3 is 2.76 bits per heavy atom. The number of rotatable bonds is 5. The van der Waals surface area contributed by atoms with E-state index in [9.17, 15) is 0 Å². The molecular formula is C15H16ClN5.